The van der Waals surface area contributed by atoms with Gasteiger partial charge in [0.1, 0.15) is 23.7 Å². The molecule has 7 nitrogen and oxygen atoms in total. The minimum absolute atomic E-state index is 0.0524. The first-order chi connectivity index (χ1) is 16.3. The number of aliphatic hydroxyl groups is 2. The summed E-state index contributed by atoms with van der Waals surface area (Å²) >= 11 is 0. The third-order valence-corrected chi connectivity index (χ3v) is 6.49. The summed E-state index contributed by atoms with van der Waals surface area (Å²) in [7, 11) is 1.64. The minimum atomic E-state index is -1.35. The summed E-state index contributed by atoms with van der Waals surface area (Å²) in [5.41, 5.74) is -1.13. The fraction of sp³-hybridized carbons (Fsp3) is 0.520. The number of halogens is 2. The van der Waals surface area contributed by atoms with Gasteiger partial charge in [-0.15, -0.1) is 0 Å². The fourth-order valence-corrected chi connectivity index (χ4v) is 4.55. The number of piperidine rings is 1. The standard InChI is InChI=1S/C25H32F2N2O5/c1-32-20-4-2-19(3-5-20)29-10-8-24(30,9-11-29)15-28-12-13-33-17-25(31,16-28)18-34-21-6-7-22(26)23(27)14-21/h2-7,14,30-31H,8-13,15-18H2,1H3/t25-/m0/s1. The Morgan fingerprint density at radius 1 is 0.941 bits per heavy atom. The van der Waals surface area contributed by atoms with Crippen molar-refractivity contribution in [2.75, 3.05) is 64.6 Å². The molecular weight excluding hydrogens is 446 g/mol. The molecule has 2 aliphatic rings. The fourth-order valence-electron chi connectivity index (χ4n) is 4.55. The van der Waals surface area contributed by atoms with E-state index in [1.807, 2.05) is 29.2 Å². The number of nitrogens with zero attached hydrogens (tertiary/aromatic N) is 2. The lowest BCUT2D eigenvalue weighted by Crippen LogP contribution is -2.55. The van der Waals surface area contributed by atoms with Crippen molar-refractivity contribution in [3.8, 4) is 11.5 Å². The van der Waals surface area contributed by atoms with Gasteiger partial charge in [0, 0.05) is 44.5 Å². The number of hydrogen-bond acceptors (Lipinski definition) is 7. The Balaban J connectivity index is 1.32. The van der Waals surface area contributed by atoms with Crippen molar-refractivity contribution in [2.45, 2.75) is 24.0 Å². The van der Waals surface area contributed by atoms with Gasteiger partial charge in [-0.1, -0.05) is 0 Å². The molecule has 1 atom stereocenters. The van der Waals surface area contributed by atoms with Crippen molar-refractivity contribution in [1.82, 2.24) is 4.90 Å². The van der Waals surface area contributed by atoms with Gasteiger partial charge in [0.05, 0.1) is 25.9 Å². The summed E-state index contributed by atoms with van der Waals surface area (Å²) in [6, 6.07) is 11.1. The Kier molecular flexibility index (Phi) is 7.57. The molecule has 2 saturated heterocycles. The van der Waals surface area contributed by atoms with E-state index < -0.39 is 22.8 Å². The predicted octanol–water partition coefficient (Wildman–Crippen LogP) is 2.45. The molecule has 9 heteroatoms. The van der Waals surface area contributed by atoms with Crippen LogP contribution in [0.4, 0.5) is 14.5 Å². The molecule has 186 valence electrons. The van der Waals surface area contributed by atoms with Gasteiger partial charge in [-0.2, -0.15) is 0 Å². The van der Waals surface area contributed by atoms with E-state index in [2.05, 4.69) is 4.90 Å². The zero-order chi connectivity index (χ0) is 24.2. The molecule has 2 aromatic rings. The van der Waals surface area contributed by atoms with E-state index in [1.165, 1.54) is 6.07 Å². The first-order valence-electron chi connectivity index (χ1n) is 11.5. The third-order valence-electron chi connectivity index (χ3n) is 6.49. The SMILES string of the molecule is COc1ccc(N2CCC(O)(CN3CCOC[C@](O)(COc4ccc(F)c(F)c4)C3)CC2)cc1. The topological polar surface area (TPSA) is 74.6 Å². The molecule has 0 aromatic heterocycles. The van der Waals surface area contributed by atoms with Crippen molar-refractivity contribution < 1.29 is 33.2 Å². The molecule has 0 aliphatic carbocycles. The van der Waals surface area contributed by atoms with Crippen LogP contribution in [-0.2, 0) is 4.74 Å². The van der Waals surface area contributed by atoms with Crippen LogP contribution < -0.4 is 14.4 Å². The van der Waals surface area contributed by atoms with Crippen molar-refractivity contribution >= 4 is 5.69 Å². The van der Waals surface area contributed by atoms with Crippen LogP contribution in [0.3, 0.4) is 0 Å². The van der Waals surface area contributed by atoms with Crippen molar-refractivity contribution in [3.05, 3.63) is 54.1 Å². The van der Waals surface area contributed by atoms with Gasteiger partial charge in [0.15, 0.2) is 11.6 Å². The molecule has 0 bridgehead atoms. The molecule has 4 rings (SSSR count). The first-order valence-corrected chi connectivity index (χ1v) is 11.5. The molecule has 0 unspecified atom stereocenters. The molecule has 0 spiro atoms. The summed E-state index contributed by atoms with van der Waals surface area (Å²) < 4.78 is 42.9. The number of methoxy groups -OCH3 is 1. The van der Waals surface area contributed by atoms with Gasteiger partial charge >= 0.3 is 0 Å². The van der Waals surface area contributed by atoms with Crippen LogP contribution in [0.15, 0.2) is 42.5 Å². The predicted molar refractivity (Wildman–Crippen MR) is 123 cm³/mol. The number of ether oxygens (including phenoxy) is 3. The van der Waals surface area contributed by atoms with E-state index in [0.717, 1.165) is 36.7 Å². The molecule has 2 heterocycles. The zero-order valence-corrected chi connectivity index (χ0v) is 19.4. The Morgan fingerprint density at radius 3 is 2.32 bits per heavy atom. The second kappa shape index (κ2) is 10.4. The van der Waals surface area contributed by atoms with Gasteiger partial charge in [0.2, 0.25) is 0 Å². The highest BCUT2D eigenvalue weighted by Crippen LogP contribution is 2.29. The maximum absolute atomic E-state index is 13.5. The van der Waals surface area contributed by atoms with Crippen LogP contribution in [0.25, 0.3) is 0 Å². The van der Waals surface area contributed by atoms with E-state index in [4.69, 9.17) is 14.2 Å². The lowest BCUT2D eigenvalue weighted by molar-refractivity contribution is -0.0743. The Hall–Kier alpha value is -2.46. The summed E-state index contributed by atoms with van der Waals surface area (Å²) in [5, 5.41) is 22.4. The Labute approximate surface area is 198 Å². The van der Waals surface area contributed by atoms with Gasteiger partial charge in [-0.05, 0) is 49.2 Å². The highest BCUT2D eigenvalue weighted by Gasteiger charge is 2.39. The minimum Gasteiger partial charge on any atom is -0.497 e. The number of benzene rings is 2. The van der Waals surface area contributed by atoms with E-state index >= 15 is 0 Å². The van der Waals surface area contributed by atoms with E-state index in [-0.39, 0.29) is 25.5 Å². The first kappa shape index (κ1) is 24.7. The normalized spacial score (nSPS) is 23.4. The third kappa shape index (κ3) is 6.15. The van der Waals surface area contributed by atoms with Gasteiger partial charge in [-0.3, -0.25) is 4.90 Å². The molecular formula is C25H32F2N2O5. The zero-order valence-electron chi connectivity index (χ0n) is 19.4. The lowest BCUT2D eigenvalue weighted by Gasteiger charge is -2.42. The lowest BCUT2D eigenvalue weighted by atomic mass is 9.90. The Bertz CT molecular complexity index is 953. The number of anilines is 1. The number of β-amino-alcohol motifs (C(OH)–C–C–N with tert-alkyl or cyclic N) is 2. The molecule has 2 N–H and O–H groups in total. The second-order valence-corrected chi connectivity index (χ2v) is 9.26. The van der Waals surface area contributed by atoms with E-state index in [9.17, 15) is 19.0 Å². The molecule has 2 aliphatic heterocycles. The largest absolute Gasteiger partial charge is 0.497 e. The van der Waals surface area contributed by atoms with E-state index in [1.54, 1.807) is 7.11 Å². The number of hydrogen-bond donors (Lipinski definition) is 2. The van der Waals surface area contributed by atoms with Crippen LogP contribution in [0.2, 0.25) is 0 Å². The molecule has 2 aromatic carbocycles. The summed E-state index contributed by atoms with van der Waals surface area (Å²) in [4.78, 5) is 4.23. The van der Waals surface area contributed by atoms with Crippen LogP contribution >= 0.6 is 0 Å². The molecule has 0 saturated carbocycles. The summed E-state index contributed by atoms with van der Waals surface area (Å²) in [5.74, 6) is -1.03. The molecule has 0 amide bonds. The smallest absolute Gasteiger partial charge is 0.162 e. The summed E-state index contributed by atoms with van der Waals surface area (Å²) in [6.07, 6.45) is 1.19. The highest BCUT2D eigenvalue weighted by atomic mass is 19.2. The van der Waals surface area contributed by atoms with Crippen molar-refractivity contribution in [2.24, 2.45) is 0 Å². The van der Waals surface area contributed by atoms with Gasteiger partial charge in [-0.25, -0.2) is 8.78 Å². The Morgan fingerprint density at radius 2 is 1.65 bits per heavy atom. The van der Waals surface area contributed by atoms with Crippen LogP contribution in [0.5, 0.6) is 11.5 Å². The number of rotatable bonds is 7. The molecule has 2 fully saturated rings. The molecule has 34 heavy (non-hydrogen) atoms. The van der Waals surface area contributed by atoms with Crippen LogP contribution in [0, 0.1) is 11.6 Å². The van der Waals surface area contributed by atoms with Gasteiger partial charge in [0.25, 0.3) is 0 Å². The van der Waals surface area contributed by atoms with Crippen LogP contribution in [-0.4, -0.2) is 86.0 Å². The average Bonchev–Trinajstić information content (AvgIpc) is 3.01. The van der Waals surface area contributed by atoms with Crippen molar-refractivity contribution in [1.29, 1.82) is 0 Å². The van der Waals surface area contributed by atoms with Crippen molar-refractivity contribution in [3.63, 3.8) is 0 Å². The summed E-state index contributed by atoms with van der Waals surface area (Å²) in [6.45, 7) is 2.98. The highest BCUT2D eigenvalue weighted by molar-refractivity contribution is 5.49. The maximum atomic E-state index is 13.5. The molecule has 0 radical (unpaired) electrons. The second-order valence-electron chi connectivity index (χ2n) is 9.26. The van der Waals surface area contributed by atoms with Gasteiger partial charge < -0.3 is 29.3 Å². The van der Waals surface area contributed by atoms with E-state index in [0.29, 0.717) is 32.5 Å². The quantitative estimate of drug-likeness (QED) is 0.633. The average molecular weight is 479 g/mol. The monoisotopic (exact) mass is 478 g/mol. The maximum Gasteiger partial charge on any atom is 0.162 e. The van der Waals surface area contributed by atoms with Crippen LogP contribution in [0.1, 0.15) is 12.8 Å².